The van der Waals surface area contributed by atoms with Crippen LogP contribution in [-0.4, -0.2) is 40.2 Å². The van der Waals surface area contributed by atoms with E-state index >= 15 is 0 Å². The molecule has 7 nitrogen and oxygen atoms in total. The molecule has 0 saturated carbocycles. The van der Waals surface area contributed by atoms with Gasteiger partial charge in [0.15, 0.2) is 0 Å². The molecule has 0 radical (unpaired) electrons. The second kappa shape index (κ2) is 8.04. The summed E-state index contributed by atoms with van der Waals surface area (Å²) in [7, 11) is -4.75. The van der Waals surface area contributed by atoms with E-state index in [2.05, 4.69) is 9.71 Å². The van der Waals surface area contributed by atoms with Crippen LogP contribution in [-0.2, 0) is 20.0 Å². The Hall–Kier alpha value is -2.79. The average Bonchev–Trinajstić information content (AvgIpc) is 3.18. The highest BCUT2D eigenvalue weighted by Crippen LogP contribution is 2.35. The first kappa shape index (κ1) is 21.4. The predicted molar refractivity (Wildman–Crippen MR) is 123 cm³/mol. The van der Waals surface area contributed by atoms with Gasteiger partial charge in [-0.1, -0.05) is 24.3 Å². The van der Waals surface area contributed by atoms with E-state index in [0.29, 0.717) is 16.3 Å². The van der Waals surface area contributed by atoms with Crippen molar-refractivity contribution in [3.63, 3.8) is 0 Å². The first-order valence-electron chi connectivity index (χ1n) is 9.19. The van der Waals surface area contributed by atoms with Crippen LogP contribution in [0.15, 0.2) is 82.6 Å². The maximum absolute atomic E-state index is 13.0. The van der Waals surface area contributed by atoms with Gasteiger partial charge in [-0.3, -0.25) is 4.72 Å². The predicted octanol–water partition coefficient (Wildman–Crippen LogP) is 4.01. The molecule has 10 heteroatoms. The lowest BCUT2D eigenvalue weighted by Gasteiger charge is -2.13. The molecule has 0 aliphatic heterocycles. The van der Waals surface area contributed by atoms with Crippen LogP contribution in [0.3, 0.4) is 0 Å². The van der Waals surface area contributed by atoms with E-state index < -0.39 is 20.0 Å². The fraction of sp³-hybridized carbons (Fsp3) is 0.0952. The number of fused-ring (bicyclic) bond motifs is 1. The topological polar surface area (TPSA) is 96.4 Å². The first-order valence-corrected chi connectivity index (χ1v) is 12.9. The van der Waals surface area contributed by atoms with Gasteiger partial charge in [0, 0.05) is 19.7 Å². The molecule has 4 rings (SSSR count). The van der Waals surface area contributed by atoms with E-state index in [1.54, 1.807) is 12.1 Å². The molecule has 1 N–H and O–H groups in total. The van der Waals surface area contributed by atoms with Gasteiger partial charge in [0.05, 0.1) is 25.7 Å². The maximum Gasteiger partial charge on any atom is 0.261 e. The number of hydrogen-bond donors (Lipinski definition) is 1. The van der Waals surface area contributed by atoms with Crippen molar-refractivity contribution >= 4 is 47.3 Å². The molecule has 0 aliphatic carbocycles. The summed E-state index contributed by atoms with van der Waals surface area (Å²) in [6, 6.07) is 19.9. The van der Waals surface area contributed by atoms with Crippen LogP contribution < -0.4 is 4.72 Å². The largest absolute Gasteiger partial charge is 0.279 e. The van der Waals surface area contributed by atoms with Gasteiger partial charge in [-0.05, 0) is 48.5 Å². The van der Waals surface area contributed by atoms with Gasteiger partial charge in [-0.15, -0.1) is 11.3 Å². The third-order valence-corrected chi connectivity index (χ3v) is 8.89. The van der Waals surface area contributed by atoms with E-state index in [1.807, 2.05) is 36.4 Å². The number of para-hydroxylation sites is 2. The van der Waals surface area contributed by atoms with Gasteiger partial charge in [-0.25, -0.2) is 26.1 Å². The first-order chi connectivity index (χ1) is 14.7. The van der Waals surface area contributed by atoms with Crippen molar-refractivity contribution in [3.05, 3.63) is 72.8 Å². The second-order valence-electron chi connectivity index (χ2n) is 6.90. The number of benzene rings is 3. The highest BCUT2D eigenvalue weighted by Gasteiger charge is 2.21. The molecule has 0 fully saturated rings. The summed E-state index contributed by atoms with van der Waals surface area (Å²) in [5.41, 5.74) is 1.91. The Morgan fingerprint density at radius 2 is 1.42 bits per heavy atom. The van der Waals surface area contributed by atoms with Crippen molar-refractivity contribution < 1.29 is 16.8 Å². The lowest BCUT2D eigenvalue weighted by molar-refractivity contribution is 0.520. The van der Waals surface area contributed by atoms with Gasteiger partial charge in [0.25, 0.3) is 10.0 Å². The zero-order valence-electron chi connectivity index (χ0n) is 16.7. The second-order valence-corrected chi connectivity index (χ2v) is 11.8. The van der Waals surface area contributed by atoms with E-state index in [9.17, 15) is 16.8 Å². The van der Waals surface area contributed by atoms with E-state index in [1.165, 1.54) is 49.7 Å². The van der Waals surface area contributed by atoms with Crippen molar-refractivity contribution in [3.8, 4) is 10.6 Å². The lowest BCUT2D eigenvalue weighted by Crippen LogP contribution is -2.22. The minimum atomic E-state index is -3.94. The molecule has 0 atom stereocenters. The number of nitrogens with zero attached hydrogens (tertiary/aromatic N) is 2. The number of anilines is 1. The van der Waals surface area contributed by atoms with Crippen LogP contribution in [0.2, 0.25) is 0 Å². The fourth-order valence-corrected chi connectivity index (χ4v) is 5.94. The van der Waals surface area contributed by atoms with Gasteiger partial charge >= 0.3 is 0 Å². The third kappa shape index (κ3) is 4.19. The SMILES string of the molecule is CN(C)S(=O)(=O)c1ccc(S(=O)(=O)Nc2ccccc2-c2nc3ccccc3s2)cc1. The standard InChI is InChI=1S/C21H19N3O4S3/c1-24(2)31(27,28)16-13-11-15(12-14-16)30(25,26)23-18-8-4-3-7-17(18)21-22-19-9-5-6-10-20(19)29-21/h3-14,23H,1-2H3. The number of sulfonamides is 2. The molecule has 0 spiro atoms. The quantitative estimate of drug-likeness (QED) is 0.456. The zero-order valence-corrected chi connectivity index (χ0v) is 19.1. The third-order valence-electron chi connectivity index (χ3n) is 4.61. The van der Waals surface area contributed by atoms with Gasteiger partial charge < -0.3 is 0 Å². The van der Waals surface area contributed by atoms with Crippen LogP contribution in [0, 0.1) is 0 Å². The van der Waals surface area contributed by atoms with Gasteiger partial charge in [0.2, 0.25) is 10.0 Å². The van der Waals surface area contributed by atoms with Crippen LogP contribution >= 0.6 is 11.3 Å². The van der Waals surface area contributed by atoms with Gasteiger partial charge in [-0.2, -0.15) is 0 Å². The number of aromatic nitrogens is 1. The molecule has 1 aromatic heterocycles. The van der Waals surface area contributed by atoms with E-state index in [4.69, 9.17) is 0 Å². The number of nitrogens with one attached hydrogen (secondary N) is 1. The van der Waals surface area contributed by atoms with Crippen molar-refractivity contribution in [1.82, 2.24) is 9.29 Å². The number of hydrogen-bond acceptors (Lipinski definition) is 6. The Bertz CT molecular complexity index is 1430. The molecule has 0 saturated heterocycles. The molecule has 0 bridgehead atoms. The van der Waals surface area contributed by atoms with Crippen molar-refractivity contribution in [1.29, 1.82) is 0 Å². The molecule has 31 heavy (non-hydrogen) atoms. The van der Waals surface area contributed by atoms with Crippen molar-refractivity contribution in [2.24, 2.45) is 0 Å². The number of thiazole rings is 1. The summed E-state index contributed by atoms with van der Waals surface area (Å²) in [5.74, 6) is 0. The molecule has 1 heterocycles. The minimum Gasteiger partial charge on any atom is -0.279 e. The molecular weight excluding hydrogens is 454 g/mol. The smallest absolute Gasteiger partial charge is 0.261 e. The summed E-state index contributed by atoms with van der Waals surface area (Å²) in [4.78, 5) is 4.60. The van der Waals surface area contributed by atoms with E-state index in [0.717, 1.165) is 14.5 Å². The highest BCUT2D eigenvalue weighted by atomic mass is 32.2. The summed E-state index contributed by atoms with van der Waals surface area (Å²) >= 11 is 1.48. The summed E-state index contributed by atoms with van der Waals surface area (Å²) in [6.07, 6.45) is 0. The molecule has 4 aromatic rings. The fourth-order valence-electron chi connectivity index (χ4n) is 2.95. The Balaban J connectivity index is 1.68. The minimum absolute atomic E-state index is 0.0197. The van der Waals surface area contributed by atoms with Crippen LogP contribution in [0.4, 0.5) is 5.69 Å². The average molecular weight is 474 g/mol. The summed E-state index contributed by atoms with van der Waals surface area (Å²) in [5, 5.41) is 0.701. The Labute approximate surface area is 185 Å². The van der Waals surface area contributed by atoms with Crippen LogP contribution in [0.5, 0.6) is 0 Å². The normalized spacial score (nSPS) is 12.4. The molecule has 0 amide bonds. The Morgan fingerprint density at radius 1 is 0.806 bits per heavy atom. The molecule has 0 aliphatic rings. The number of rotatable bonds is 6. The Morgan fingerprint density at radius 3 is 2.10 bits per heavy atom. The Kier molecular flexibility index (Phi) is 5.56. The summed E-state index contributed by atoms with van der Waals surface area (Å²) in [6.45, 7) is 0. The van der Waals surface area contributed by atoms with Crippen molar-refractivity contribution in [2.45, 2.75) is 9.79 Å². The van der Waals surface area contributed by atoms with Crippen LogP contribution in [0.1, 0.15) is 0 Å². The maximum atomic E-state index is 13.0. The molecule has 3 aromatic carbocycles. The molecule has 0 unspecified atom stereocenters. The highest BCUT2D eigenvalue weighted by molar-refractivity contribution is 7.92. The van der Waals surface area contributed by atoms with Gasteiger partial charge in [0.1, 0.15) is 5.01 Å². The molecular formula is C21H19N3O4S3. The lowest BCUT2D eigenvalue weighted by atomic mass is 10.2. The monoisotopic (exact) mass is 473 g/mol. The molecule has 160 valence electrons. The zero-order chi connectivity index (χ0) is 22.2. The van der Waals surface area contributed by atoms with Crippen molar-refractivity contribution in [2.75, 3.05) is 18.8 Å². The van der Waals surface area contributed by atoms with E-state index in [-0.39, 0.29) is 9.79 Å². The summed E-state index contributed by atoms with van der Waals surface area (Å²) < 4.78 is 55.0. The van der Waals surface area contributed by atoms with Crippen LogP contribution in [0.25, 0.3) is 20.8 Å².